The van der Waals surface area contributed by atoms with Crippen LogP contribution in [-0.4, -0.2) is 12.9 Å². The fourth-order valence-electron chi connectivity index (χ4n) is 1.76. The van der Waals surface area contributed by atoms with E-state index in [2.05, 4.69) is 22.0 Å². The van der Waals surface area contributed by atoms with E-state index in [4.69, 9.17) is 10.00 Å². The number of ketones is 1. The second-order valence-corrected chi connectivity index (χ2v) is 4.99. The molecule has 17 heavy (non-hydrogen) atoms. The molecule has 0 radical (unpaired) electrons. The Kier molecular flexibility index (Phi) is 3.49. The Morgan fingerprint density at radius 3 is 2.82 bits per heavy atom. The van der Waals surface area contributed by atoms with Gasteiger partial charge in [0.2, 0.25) is 0 Å². The minimum atomic E-state index is -0.663. The first kappa shape index (κ1) is 12.1. The summed E-state index contributed by atoms with van der Waals surface area (Å²) in [7, 11) is 1.56. The summed E-state index contributed by atoms with van der Waals surface area (Å²) in [6.45, 7) is 0. The number of Topliss-reactive ketones (excluding diaryl/α,β-unsaturated/α-hetero) is 1. The number of benzene rings is 1. The van der Waals surface area contributed by atoms with Gasteiger partial charge in [-0.05, 0) is 46.5 Å². The average molecular weight is 294 g/mol. The normalized spacial score (nSPS) is 16.1. The van der Waals surface area contributed by atoms with E-state index in [1.54, 1.807) is 25.3 Å². The highest BCUT2D eigenvalue weighted by molar-refractivity contribution is 9.10. The number of nitrogens with zero attached hydrogens (tertiary/aromatic N) is 1. The molecule has 3 nitrogen and oxygen atoms in total. The third-order valence-corrected chi connectivity index (χ3v) is 3.56. The molecular weight excluding hydrogens is 282 g/mol. The molecule has 2 rings (SSSR count). The number of hydrogen-bond donors (Lipinski definition) is 0. The maximum Gasteiger partial charge on any atom is 0.157 e. The highest BCUT2D eigenvalue weighted by Gasteiger charge is 2.35. The minimum absolute atomic E-state index is 0.0388. The van der Waals surface area contributed by atoms with E-state index in [1.165, 1.54) is 0 Å². The summed E-state index contributed by atoms with van der Waals surface area (Å²) in [5.74, 6) is 0.113. The Morgan fingerprint density at radius 1 is 1.59 bits per heavy atom. The first-order valence-electron chi connectivity index (χ1n) is 5.44. The molecule has 0 amide bonds. The van der Waals surface area contributed by atoms with Crippen molar-refractivity contribution in [2.75, 3.05) is 7.11 Å². The lowest BCUT2D eigenvalue weighted by atomic mass is 9.93. The van der Waals surface area contributed by atoms with Crippen LogP contribution < -0.4 is 4.74 Å². The molecule has 1 unspecified atom stereocenters. The number of hydrogen-bond acceptors (Lipinski definition) is 3. The van der Waals surface area contributed by atoms with Crippen molar-refractivity contribution in [2.45, 2.75) is 18.8 Å². The first-order valence-corrected chi connectivity index (χ1v) is 6.23. The molecule has 0 saturated heterocycles. The predicted molar refractivity (Wildman–Crippen MR) is 66.8 cm³/mol. The van der Waals surface area contributed by atoms with Crippen LogP contribution in [0.5, 0.6) is 5.75 Å². The van der Waals surface area contributed by atoms with E-state index in [1.807, 2.05) is 0 Å². The lowest BCUT2D eigenvalue weighted by Crippen LogP contribution is -2.12. The molecule has 0 bridgehead atoms. The minimum Gasteiger partial charge on any atom is -0.496 e. The number of methoxy groups -OCH3 is 1. The molecule has 88 valence electrons. The van der Waals surface area contributed by atoms with Crippen LogP contribution in [0.1, 0.15) is 24.3 Å². The summed E-state index contributed by atoms with van der Waals surface area (Å²) >= 11 is 3.35. The summed E-state index contributed by atoms with van der Waals surface area (Å²) in [5, 5.41) is 9.14. The summed E-state index contributed by atoms with van der Waals surface area (Å²) in [4.78, 5) is 11.9. The first-order chi connectivity index (χ1) is 8.17. The molecule has 1 saturated carbocycles. The topological polar surface area (TPSA) is 50.1 Å². The molecule has 0 N–H and O–H groups in total. The van der Waals surface area contributed by atoms with Crippen molar-refractivity contribution in [3.05, 3.63) is 28.2 Å². The smallest absolute Gasteiger partial charge is 0.157 e. The van der Waals surface area contributed by atoms with Gasteiger partial charge in [0, 0.05) is 5.92 Å². The maximum atomic E-state index is 11.9. The molecular formula is C13H12BrNO2. The highest BCUT2D eigenvalue weighted by Crippen LogP contribution is 2.37. The molecule has 1 aliphatic carbocycles. The van der Waals surface area contributed by atoms with Crippen molar-refractivity contribution >= 4 is 21.7 Å². The van der Waals surface area contributed by atoms with Crippen LogP contribution in [0.4, 0.5) is 0 Å². The van der Waals surface area contributed by atoms with E-state index in [0.717, 1.165) is 17.3 Å². The van der Waals surface area contributed by atoms with Gasteiger partial charge >= 0.3 is 0 Å². The molecule has 1 atom stereocenters. The lowest BCUT2D eigenvalue weighted by Gasteiger charge is -2.10. The fraction of sp³-hybridized carbons (Fsp3) is 0.385. The Labute approximate surface area is 109 Å². The van der Waals surface area contributed by atoms with Crippen LogP contribution in [0.15, 0.2) is 22.7 Å². The molecule has 1 aromatic carbocycles. The van der Waals surface area contributed by atoms with Gasteiger partial charge in [0.15, 0.2) is 5.78 Å². The predicted octanol–water partition coefficient (Wildman–Crippen LogP) is 3.04. The molecule has 0 spiro atoms. The molecule has 0 aliphatic heterocycles. The summed E-state index contributed by atoms with van der Waals surface area (Å²) in [6, 6.07) is 7.43. The number of carbonyl (C=O) groups excluding carboxylic acids is 1. The molecule has 0 heterocycles. The second-order valence-electron chi connectivity index (χ2n) is 4.13. The van der Waals surface area contributed by atoms with Crippen LogP contribution in [-0.2, 0) is 4.79 Å². The average Bonchev–Trinajstić information content (AvgIpc) is 3.16. The number of halogens is 1. The third kappa shape index (κ3) is 2.50. The van der Waals surface area contributed by atoms with Gasteiger partial charge in [-0.1, -0.05) is 6.07 Å². The summed E-state index contributed by atoms with van der Waals surface area (Å²) in [6.07, 6.45) is 1.84. The SMILES string of the molecule is COc1cc(C(C#N)C(=O)C2CC2)ccc1Br. The van der Waals surface area contributed by atoms with Crippen LogP contribution in [0.2, 0.25) is 0 Å². The molecule has 0 aromatic heterocycles. The molecule has 1 aromatic rings. The highest BCUT2D eigenvalue weighted by atomic mass is 79.9. The Bertz CT molecular complexity index is 489. The summed E-state index contributed by atoms with van der Waals surface area (Å²) < 4.78 is 5.99. The maximum absolute atomic E-state index is 11.9. The van der Waals surface area contributed by atoms with Gasteiger partial charge < -0.3 is 4.74 Å². The standard InChI is InChI=1S/C13H12BrNO2/c1-17-12-6-9(4-5-11(12)14)10(7-15)13(16)8-2-3-8/h4-6,8,10H,2-3H2,1H3. The summed E-state index contributed by atoms with van der Waals surface area (Å²) in [5.41, 5.74) is 0.712. The fourth-order valence-corrected chi connectivity index (χ4v) is 2.17. The van der Waals surface area contributed by atoms with Crippen LogP contribution in [0, 0.1) is 17.2 Å². The molecule has 4 heteroatoms. The van der Waals surface area contributed by atoms with E-state index in [9.17, 15) is 4.79 Å². The van der Waals surface area contributed by atoms with E-state index >= 15 is 0 Å². The zero-order chi connectivity index (χ0) is 12.4. The van der Waals surface area contributed by atoms with Gasteiger partial charge in [0.25, 0.3) is 0 Å². The van der Waals surface area contributed by atoms with Crippen molar-refractivity contribution in [3.8, 4) is 11.8 Å². The van der Waals surface area contributed by atoms with Crippen molar-refractivity contribution < 1.29 is 9.53 Å². The Balaban J connectivity index is 2.31. The van der Waals surface area contributed by atoms with Crippen molar-refractivity contribution in [2.24, 2.45) is 5.92 Å². The van der Waals surface area contributed by atoms with Gasteiger partial charge in [0.05, 0.1) is 17.7 Å². The van der Waals surface area contributed by atoms with Crippen molar-refractivity contribution in [1.29, 1.82) is 5.26 Å². The van der Waals surface area contributed by atoms with Crippen molar-refractivity contribution in [1.82, 2.24) is 0 Å². The van der Waals surface area contributed by atoms with Gasteiger partial charge in [-0.3, -0.25) is 4.79 Å². The number of rotatable bonds is 4. The van der Waals surface area contributed by atoms with Gasteiger partial charge in [-0.25, -0.2) is 0 Å². The lowest BCUT2D eigenvalue weighted by molar-refractivity contribution is -0.120. The zero-order valence-corrected chi connectivity index (χ0v) is 11.0. The molecule has 1 aliphatic rings. The Morgan fingerprint density at radius 2 is 2.29 bits per heavy atom. The van der Waals surface area contributed by atoms with Crippen LogP contribution in [0.3, 0.4) is 0 Å². The number of carbonyl (C=O) groups is 1. The van der Waals surface area contributed by atoms with Crippen LogP contribution >= 0.6 is 15.9 Å². The Hall–Kier alpha value is -1.34. The second kappa shape index (κ2) is 4.89. The monoisotopic (exact) mass is 293 g/mol. The third-order valence-electron chi connectivity index (χ3n) is 2.90. The van der Waals surface area contributed by atoms with Gasteiger partial charge in [-0.15, -0.1) is 0 Å². The number of nitriles is 1. The zero-order valence-electron chi connectivity index (χ0n) is 9.44. The van der Waals surface area contributed by atoms with E-state index in [0.29, 0.717) is 11.3 Å². The quantitative estimate of drug-likeness (QED) is 0.857. The molecule has 1 fully saturated rings. The van der Waals surface area contributed by atoms with E-state index in [-0.39, 0.29) is 11.7 Å². The number of ether oxygens (including phenoxy) is 1. The van der Waals surface area contributed by atoms with Crippen LogP contribution in [0.25, 0.3) is 0 Å². The largest absolute Gasteiger partial charge is 0.496 e. The van der Waals surface area contributed by atoms with Crippen molar-refractivity contribution in [3.63, 3.8) is 0 Å². The van der Waals surface area contributed by atoms with Gasteiger partial charge in [-0.2, -0.15) is 5.26 Å². The van der Waals surface area contributed by atoms with E-state index < -0.39 is 5.92 Å². The van der Waals surface area contributed by atoms with Gasteiger partial charge in [0.1, 0.15) is 11.7 Å².